The maximum Gasteiger partial charge on any atom is 0.494 e. The van der Waals surface area contributed by atoms with Crippen LogP contribution in [0, 0.1) is 20.8 Å². The maximum absolute atomic E-state index is 12.3. The van der Waals surface area contributed by atoms with Gasteiger partial charge in [0.1, 0.15) is 5.76 Å². The first-order valence-corrected chi connectivity index (χ1v) is 22.0. The van der Waals surface area contributed by atoms with E-state index in [1.807, 2.05) is 115 Å². The Bertz CT molecular complexity index is 2270. The van der Waals surface area contributed by atoms with Gasteiger partial charge in [-0.2, -0.15) is 13.2 Å². The first-order valence-electron chi connectivity index (χ1n) is 20.9. The Morgan fingerprint density at radius 1 is 0.857 bits per heavy atom. The van der Waals surface area contributed by atoms with Crippen molar-refractivity contribution in [1.82, 2.24) is 15.2 Å². The Morgan fingerprint density at radius 2 is 1.44 bits per heavy atom. The summed E-state index contributed by atoms with van der Waals surface area (Å²) in [6.45, 7) is 28.1. The van der Waals surface area contributed by atoms with E-state index in [9.17, 15) is 27.9 Å². The Kier molecular flexibility index (Phi) is 19.2. The van der Waals surface area contributed by atoms with Crippen LogP contribution in [0.15, 0.2) is 87.8 Å². The van der Waals surface area contributed by atoms with Gasteiger partial charge in [-0.25, -0.2) is 0 Å². The van der Waals surface area contributed by atoms with Gasteiger partial charge in [-0.1, -0.05) is 84.7 Å². The lowest BCUT2D eigenvalue weighted by molar-refractivity contribution is -0.153. The summed E-state index contributed by atoms with van der Waals surface area (Å²) in [6, 6.07) is 23.2. The van der Waals surface area contributed by atoms with E-state index in [1.54, 1.807) is 13.8 Å². The number of nitrogens with one attached hydrogen (secondary N) is 1. The number of carboxylic acids is 1. The molecule has 3 aromatic carbocycles. The molecule has 342 valence electrons. The minimum Gasteiger partial charge on any atom is -0.481 e. The Labute approximate surface area is 384 Å². The monoisotopic (exact) mass is 957 g/mol. The number of alkyl halides is 3. The standard InChI is InChI=1S/C16H23BO4.C13H11BrF3NO.C13H12ClNO.C6H15N/c1-14(2,13(18)19)11-8-7-9-12(10-11)17-20-15(3,4)16(5,6)21-17;14-10-3-1-9(2-4-10)7-18-8-11-5-6-12(19-11)13(15,16)17;1-7-4-5-11-10(6-7)12(13(14)16)8(2)9(3)15-11;1-4-7(5-2)6-3/h7-10H,1-6H3,(H,18,19);1-6,18H,7-8H2;4-6H,1-3H3;4-6H2,1-3H3. The smallest absolute Gasteiger partial charge is 0.481 e. The number of carbonyl (C=O) groups excluding carboxylic acids is 1. The molecule has 3 heterocycles. The van der Waals surface area contributed by atoms with Gasteiger partial charge in [-0.15, -0.1) is 0 Å². The number of rotatable bonds is 11. The molecule has 1 saturated heterocycles. The van der Waals surface area contributed by atoms with E-state index in [-0.39, 0.29) is 12.3 Å². The van der Waals surface area contributed by atoms with Crippen molar-refractivity contribution in [2.24, 2.45) is 0 Å². The number of fused-ring (bicyclic) bond motifs is 1. The third kappa shape index (κ3) is 14.7. The number of aliphatic carboxylic acids is 1. The van der Waals surface area contributed by atoms with Crippen molar-refractivity contribution < 1.29 is 41.6 Å². The van der Waals surface area contributed by atoms with Crippen LogP contribution in [0.25, 0.3) is 10.9 Å². The SMILES string of the molecule is CC(C)(C(=O)O)c1cccc(B2OC(C)(C)C(C)(C)O2)c1.CCN(CC)CC.Cc1ccc2nc(C)c(C)c(C(=O)Cl)c2c1.FC(F)(F)c1ccc(CNCc2ccc(Br)cc2)o1. The van der Waals surface area contributed by atoms with E-state index in [2.05, 4.69) is 51.9 Å². The van der Waals surface area contributed by atoms with E-state index in [1.165, 1.54) is 25.7 Å². The third-order valence-electron chi connectivity index (χ3n) is 11.3. The lowest BCUT2D eigenvalue weighted by atomic mass is 9.75. The van der Waals surface area contributed by atoms with Crippen LogP contribution in [0.4, 0.5) is 13.2 Å². The molecule has 2 aromatic heterocycles. The van der Waals surface area contributed by atoms with Crippen LogP contribution in [-0.4, -0.2) is 64.2 Å². The average Bonchev–Trinajstić information content (AvgIpc) is 3.78. The summed E-state index contributed by atoms with van der Waals surface area (Å²) in [5, 5.41) is 12.8. The minimum absolute atomic E-state index is 0.256. The summed E-state index contributed by atoms with van der Waals surface area (Å²) < 4.78 is 54.6. The van der Waals surface area contributed by atoms with Crippen LogP contribution in [0.3, 0.4) is 0 Å². The van der Waals surface area contributed by atoms with Gasteiger partial charge >= 0.3 is 19.3 Å². The summed E-state index contributed by atoms with van der Waals surface area (Å²) in [7, 11) is -0.473. The molecule has 6 rings (SSSR count). The van der Waals surface area contributed by atoms with Crippen LogP contribution < -0.4 is 10.8 Å². The van der Waals surface area contributed by atoms with E-state index in [4.69, 9.17) is 25.3 Å². The number of halogens is 5. The van der Waals surface area contributed by atoms with Crippen molar-refractivity contribution in [3.63, 3.8) is 0 Å². The molecule has 0 amide bonds. The number of pyridine rings is 1. The Balaban J connectivity index is 0.000000235. The zero-order valence-corrected chi connectivity index (χ0v) is 40.7. The van der Waals surface area contributed by atoms with Crippen LogP contribution in [0.1, 0.15) is 112 Å². The molecule has 0 radical (unpaired) electrons. The summed E-state index contributed by atoms with van der Waals surface area (Å²) in [5.74, 6) is -1.55. The molecule has 1 aliphatic rings. The van der Waals surface area contributed by atoms with E-state index in [0.29, 0.717) is 12.1 Å². The van der Waals surface area contributed by atoms with Crippen molar-refractivity contribution in [3.8, 4) is 0 Å². The van der Waals surface area contributed by atoms with Gasteiger partial charge in [0, 0.05) is 27.7 Å². The molecule has 0 saturated carbocycles. The number of carboxylic acid groups (broad SMARTS) is 1. The van der Waals surface area contributed by atoms with Gasteiger partial charge in [-0.3, -0.25) is 14.6 Å². The van der Waals surface area contributed by atoms with Crippen molar-refractivity contribution >= 4 is 62.2 Å². The highest BCUT2D eigenvalue weighted by molar-refractivity contribution is 9.10. The highest BCUT2D eigenvalue weighted by Crippen LogP contribution is 2.37. The number of furan rings is 1. The van der Waals surface area contributed by atoms with E-state index >= 15 is 0 Å². The molecule has 0 aliphatic carbocycles. The predicted molar refractivity (Wildman–Crippen MR) is 251 cm³/mol. The second-order valence-electron chi connectivity index (χ2n) is 16.7. The quantitative estimate of drug-likeness (QED) is 0.0987. The van der Waals surface area contributed by atoms with Crippen LogP contribution in [0.2, 0.25) is 0 Å². The van der Waals surface area contributed by atoms with Crippen LogP contribution >= 0.6 is 27.5 Å². The molecule has 0 spiro atoms. The molecule has 5 aromatic rings. The number of nitrogens with zero attached hydrogens (tertiary/aromatic N) is 2. The highest BCUT2D eigenvalue weighted by Gasteiger charge is 2.52. The number of carbonyl (C=O) groups is 2. The number of aromatic nitrogens is 1. The fourth-order valence-corrected chi connectivity index (χ4v) is 6.76. The van der Waals surface area contributed by atoms with Crippen molar-refractivity contribution in [2.45, 2.75) is 119 Å². The van der Waals surface area contributed by atoms with Crippen LogP contribution in [0.5, 0.6) is 0 Å². The minimum atomic E-state index is -4.43. The number of aryl methyl sites for hydroxylation is 2. The van der Waals surface area contributed by atoms with Gasteiger partial charge in [0.15, 0.2) is 0 Å². The molecule has 0 unspecified atom stereocenters. The largest absolute Gasteiger partial charge is 0.494 e. The number of benzene rings is 3. The average molecular weight is 959 g/mol. The normalized spacial score (nSPS) is 14.3. The zero-order valence-electron chi connectivity index (χ0n) is 38.4. The lowest BCUT2D eigenvalue weighted by Crippen LogP contribution is -2.41. The molecular weight excluding hydrogens is 898 g/mol. The molecule has 0 atom stereocenters. The second-order valence-corrected chi connectivity index (χ2v) is 18.0. The lowest BCUT2D eigenvalue weighted by Gasteiger charge is -2.32. The van der Waals surface area contributed by atoms with Crippen LogP contribution in [-0.2, 0) is 38.8 Å². The zero-order chi connectivity index (χ0) is 47.5. The van der Waals surface area contributed by atoms with Crippen molar-refractivity contribution in [1.29, 1.82) is 0 Å². The third-order valence-corrected chi connectivity index (χ3v) is 12.0. The fraction of sp³-hybridized carbons (Fsp3) is 0.438. The number of hydrogen-bond acceptors (Lipinski definition) is 8. The molecule has 2 N–H and O–H groups in total. The van der Waals surface area contributed by atoms with Crippen molar-refractivity contribution in [3.05, 3.63) is 128 Å². The maximum atomic E-state index is 12.3. The van der Waals surface area contributed by atoms with Gasteiger partial charge in [0.2, 0.25) is 5.76 Å². The van der Waals surface area contributed by atoms with Gasteiger partial charge in [0.25, 0.3) is 5.24 Å². The molecule has 1 fully saturated rings. The van der Waals surface area contributed by atoms with Gasteiger partial charge < -0.3 is 29.0 Å². The predicted octanol–water partition coefficient (Wildman–Crippen LogP) is 11.6. The second kappa shape index (κ2) is 22.7. The fourth-order valence-electron chi connectivity index (χ4n) is 6.25. The summed E-state index contributed by atoms with van der Waals surface area (Å²) >= 11 is 8.97. The summed E-state index contributed by atoms with van der Waals surface area (Å²) in [4.78, 5) is 29.7. The molecule has 1 aliphatic heterocycles. The molecule has 9 nitrogen and oxygen atoms in total. The summed E-state index contributed by atoms with van der Waals surface area (Å²) in [5.41, 5.74) is 5.07. The molecular formula is C48H61BBrClF3N3O6. The van der Waals surface area contributed by atoms with Gasteiger partial charge in [-0.05, 0) is 152 Å². The first kappa shape index (κ1) is 53.3. The van der Waals surface area contributed by atoms with Gasteiger partial charge in [0.05, 0.1) is 28.7 Å². The molecule has 63 heavy (non-hydrogen) atoms. The number of hydrogen-bond donors (Lipinski definition) is 2. The first-order chi connectivity index (χ1) is 29.3. The van der Waals surface area contributed by atoms with E-state index < -0.39 is 46.9 Å². The van der Waals surface area contributed by atoms with Crippen molar-refractivity contribution in [2.75, 3.05) is 19.6 Å². The summed E-state index contributed by atoms with van der Waals surface area (Å²) in [6.07, 6.45) is -4.43. The topological polar surface area (TPSA) is 114 Å². The van der Waals surface area contributed by atoms with E-state index in [0.717, 1.165) is 54.9 Å². The Hall–Kier alpha value is -4.05. The Morgan fingerprint density at radius 3 is 1.94 bits per heavy atom. The molecule has 0 bridgehead atoms. The molecule has 15 heteroatoms. The highest BCUT2D eigenvalue weighted by atomic mass is 79.9.